The Labute approximate surface area is 189 Å². The predicted molar refractivity (Wildman–Crippen MR) is 120 cm³/mol. The maximum atomic E-state index is 13.0. The highest BCUT2D eigenvalue weighted by atomic mass is 16.1. The third-order valence-corrected chi connectivity index (χ3v) is 6.88. The van der Waals surface area contributed by atoms with Gasteiger partial charge in [-0.1, -0.05) is 6.07 Å². The molecule has 2 fully saturated rings. The summed E-state index contributed by atoms with van der Waals surface area (Å²) in [6.45, 7) is 1.98. The Hall–Kier alpha value is -3.93. The van der Waals surface area contributed by atoms with E-state index in [2.05, 4.69) is 37.2 Å². The van der Waals surface area contributed by atoms with Crippen LogP contribution in [0, 0.1) is 11.3 Å². The number of nitrogens with zero attached hydrogens (tertiary/aromatic N) is 7. The molecule has 0 aliphatic heterocycles. The SMILES string of the molecule is C[C@H](c1ccc(C2CC2)nc1)n1nc(C#N)c2c(=O)[nH]c([C@@H]3CC[C@H]3c3ncccn3)nc21. The normalized spacial score (nSPS) is 20.8. The van der Waals surface area contributed by atoms with Gasteiger partial charge in [0, 0.05) is 42.0 Å². The van der Waals surface area contributed by atoms with Crippen LogP contribution in [0.25, 0.3) is 11.0 Å². The molecule has 164 valence electrons. The van der Waals surface area contributed by atoms with Crippen LogP contribution < -0.4 is 5.56 Å². The first kappa shape index (κ1) is 19.7. The molecule has 0 radical (unpaired) electrons. The second kappa shape index (κ2) is 7.59. The summed E-state index contributed by atoms with van der Waals surface area (Å²) in [6.07, 6.45) is 9.55. The van der Waals surface area contributed by atoms with E-state index in [1.54, 1.807) is 23.1 Å². The second-order valence-corrected chi connectivity index (χ2v) is 8.92. The van der Waals surface area contributed by atoms with Gasteiger partial charge in [-0.25, -0.2) is 19.6 Å². The van der Waals surface area contributed by atoms with E-state index < -0.39 is 0 Å². The Balaban J connectivity index is 1.41. The van der Waals surface area contributed by atoms with Crippen molar-refractivity contribution in [1.29, 1.82) is 5.26 Å². The molecule has 2 aliphatic rings. The molecule has 0 saturated heterocycles. The number of hydrogen-bond acceptors (Lipinski definition) is 7. The summed E-state index contributed by atoms with van der Waals surface area (Å²) in [6, 6.07) is 7.72. The number of aromatic nitrogens is 7. The van der Waals surface area contributed by atoms with Crippen molar-refractivity contribution in [3.05, 3.63) is 75.7 Å². The average Bonchev–Trinajstić information content (AvgIpc) is 3.59. The van der Waals surface area contributed by atoms with Crippen molar-refractivity contribution in [2.45, 2.75) is 56.4 Å². The van der Waals surface area contributed by atoms with Crippen LogP contribution in [0.15, 0.2) is 41.6 Å². The molecule has 4 aromatic rings. The molecule has 0 spiro atoms. The largest absolute Gasteiger partial charge is 0.310 e. The summed E-state index contributed by atoms with van der Waals surface area (Å²) in [5.74, 6) is 2.06. The Bertz CT molecular complexity index is 1430. The third kappa shape index (κ3) is 3.30. The first-order valence-electron chi connectivity index (χ1n) is 11.3. The van der Waals surface area contributed by atoms with Crippen LogP contribution in [0.3, 0.4) is 0 Å². The van der Waals surface area contributed by atoms with Crippen molar-refractivity contribution in [1.82, 2.24) is 34.7 Å². The Kier molecular flexibility index (Phi) is 4.54. The van der Waals surface area contributed by atoms with Gasteiger partial charge in [-0.15, -0.1) is 0 Å². The minimum Gasteiger partial charge on any atom is -0.310 e. The predicted octanol–water partition coefficient (Wildman–Crippen LogP) is 3.32. The molecule has 2 aliphatic carbocycles. The molecule has 9 nitrogen and oxygen atoms in total. The fraction of sp³-hybridized carbons (Fsp3) is 0.375. The summed E-state index contributed by atoms with van der Waals surface area (Å²) in [5, 5.41) is 14.3. The van der Waals surface area contributed by atoms with Crippen LogP contribution in [0.4, 0.5) is 0 Å². The first-order valence-corrected chi connectivity index (χ1v) is 11.3. The fourth-order valence-corrected chi connectivity index (χ4v) is 4.65. The maximum absolute atomic E-state index is 13.0. The van der Waals surface area contributed by atoms with Gasteiger partial charge in [0.25, 0.3) is 5.56 Å². The standard InChI is InChI=1S/C24H22N8O/c1-13(15-5-8-18(28-12-15)14-3-4-14)32-23-20(19(11-25)31-32)24(33)30-22(29-23)17-7-6-16(17)21-26-9-2-10-27-21/h2,5,8-10,12-14,16-17H,3-4,6-7H2,1H3,(H,29,30,33)/t13-,16-,17-/m1/s1. The third-order valence-electron chi connectivity index (χ3n) is 6.88. The van der Waals surface area contributed by atoms with Crippen LogP contribution in [-0.2, 0) is 0 Å². The number of hydrogen-bond donors (Lipinski definition) is 1. The summed E-state index contributed by atoms with van der Waals surface area (Å²) in [4.78, 5) is 34.1. The zero-order valence-corrected chi connectivity index (χ0v) is 18.1. The van der Waals surface area contributed by atoms with Gasteiger partial charge < -0.3 is 4.98 Å². The van der Waals surface area contributed by atoms with Crippen molar-refractivity contribution in [2.24, 2.45) is 0 Å². The highest BCUT2D eigenvalue weighted by Crippen LogP contribution is 2.46. The zero-order chi connectivity index (χ0) is 22.5. The zero-order valence-electron chi connectivity index (χ0n) is 18.1. The minimum absolute atomic E-state index is 0.0215. The van der Waals surface area contributed by atoms with Gasteiger partial charge in [0.15, 0.2) is 11.3 Å². The molecule has 4 aromatic heterocycles. The van der Waals surface area contributed by atoms with Crippen LogP contribution in [0.5, 0.6) is 0 Å². The number of aromatic amines is 1. The summed E-state index contributed by atoms with van der Waals surface area (Å²) >= 11 is 0. The van der Waals surface area contributed by atoms with E-state index in [0.29, 0.717) is 17.4 Å². The highest BCUT2D eigenvalue weighted by Gasteiger charge is 2.38. The van der Waals surface area contributed by atoms with Crippen molar-refractivity contribution in [3.8, 4) is 6.07 Å². The number of nitriles is 1. The Morgan fingerprint density at radius 3 is 2.55 bits per heavy atom. The van der Waals surface area contributed by atoms with Gasteiger partial charge in [-0.3, -0.25) is 9.78 Å². The van der Waals surface area contributed by atoms with Gasteiger partial charge in [0.2, 0.25) is 0 Å². The number of rotatable bonds is 5. The average molecular weight is 438 g/mol. The molecule has 0 amide bonds. The quantitative estimate of drug-likeness (QED) is 0.506. The molecule has 6 rings (SSSR count). The molecule has 0 unspecified atom stereocenters. The van der Waals surface area contributed by atoms with Crippen molar-refractivity contribution >= 4 is 11.0 Å². The molecular formula is C24H22N8O. The molecular weight excluding hydrogens is 416 g/mol. The van der Waals surface area contributed by atoms with Gasteiger partial charge in [0.05, 0.1) is 6.04 Å². The maximum Gasteiger partial charge on any atom is 0.263 e. The van der Waals surface area contributed by atoms with Crippen molar-refractivity contribution in [2.75, 3.05) is 0 Å². The second-order valence-electron chi connectivity index (χ2n) is 8.92. The van der Waals surface area contributed by atoms with Crippen LogP contribution >= 0.6 is 0 Å². The Morgan fingerprint density at radius 1 is 1.12 bits per heavy atom. The van der Waals surface area contributed by atoms with E-state index in [1.165, 1.54) is 12.8 Å². The van der Waals surface area contributed by atoms with E-state index in [4.69, 9.17) is 4.98 Å². The minimum atomic E-state index is -0.341. The molecule has 4 heterocycles. The lowest BCUT2D eigenvalue weighted by Crippen LogP contribution is -2.28. The summed E-state index contributed by atoms with van der Waals surface area (Å²) in [5.41, 5.74) is 2.23. The van der Waals surface area contributed by atoms with Crippen molar-refractivity contribution in [3.63, 3.8) is 0 Å². The van der Waals surface area contributed by atoms with E-state index >= 15 is 0 Å². The van der Waals surface area contributed by atoms with Gasteiger partial charge in [-0.2, -0.15) is 10.4 Å². The summed E-state index contributed by atoms with van der Waals surface area (Å²) in [7, 11) is 0. The smallest absolute Gasteiger partial charge is 0.263 e. The monoisotopic (exact) mass is 438 g/mol. The number of fused-ring (bicyclic) bond motifs is 1. The first-order chi connectivity index (χ1) is 16.1. The lowest BCUT2D eigenvalue weighted by Gasteiger charge is -2.34. The Morgan fingerprint density at radius 2 is 1.91 bits per heavy atom. The van der Waals surface area contributed by atoms with E-state index in [9.17, 15) is 10.1 Å². The number of H-pyrrole nitrogens is 1. The molecule has 3 atom stereocenters. The topological polar surface area (TPSA) is 126 Å². The molecule has 2 saturated carbocycles. The number of pyridine rings is 1. The van der Waals surface area contributed by atoms with Gasteiger partial charge >= 0.3 is 0 Å². The van der Waals surface area contributed by atoms with E-state index in [-0.39, 0.29) is 34.5 Å². The fourth-order valence-electron chi connectivity index (χ4n) is 4.65. The van der Waals surface area contributed by atoms with E-state index in [1.807, 2.05) is 19.2 Å². The lowest BCUT2D eigenvalue weighted by molar-refractivity contribution is 0.319. The van der Waals surface area contributed by atoms with Gasteiger partial charge in [0.1, 0.15) is 23.1 Å². The van der Waals surface area contributed by atoms with Crippen molar-refractivity contribution < 1.29 is 0 Å². The highest BCUT2D eigenvalue weighted by molar-refractivity contribution is 5.80. The van der Waals surface area contributed by atoms with E-state index in [0.717, 1.165) is 29.9 Å². The molecule has 0 aromatic carbocycles. The summed E-state index contributed by atoms with van der Waals surface area (Å²) < 4.78 is 1.67. The lowest BCUT2D eigenvalue weighted by atomic mass is 9.72. The van der Waals surface area contributed by atoms with Crippen LogP contribution in [-0.4, -0.2) is 34.7 Å². The molecule has 9 heteroatoms. The molecule has 33 heavy (non-hydrogen) atoms. The molecule has 1 N–H and O–H groups in total. The van der Waals surface area contributed by atoms with Crippen LogP contribution in [0.1, 0.15) is 85.0 Å². The van der Waals surface area contributed by atoms with Gasteiger partial charge in [-0.05, 0) is 50.3 Å². The number of nitrogens with one attached hydrogen (secondary N) is 1. The molecule has 0 bridgehead atoms. The van der Waals surface area contributed by atoms with Crippen LogP contribution in [0.2, 0.25) is 0 Å².